The maximum absolute atomic E-state index is 13.2. The standard InChI is InChI=1S/C24H24N4O4S/c1-31-21-11-6-5-8-19(21)12-13-22-27-24(33(29,30)20-9-3-2-4-10-20)23(32-22)26-14-7-16-28-17-15-25-18-28/h2-6,8-13,15,17-18,26H,7,14,16H2,1H3/b13-12+. The first-order valence-corrected chi connectivity index (χ1v) is 11.9. The Kier molecular flexibility index (Phi) is 6.89. The van der Waals surface area contributed by atoms with Crippen LogP contribution in [0.5, 0.6) is 5.75 Å². The summed E-state index contributed by atoms with van der Waals surface area (Å²) < 4.78 is 39.6. The second-order valence-electron chi connectivity index (χ2n) is 7.16. The molecule has 0 bridgehead atoms. The lowest BCUT2D eigenvalue weighted by Crippen LogP contribution is -2.09. The molecule has 0 saturated heterocycles. The second-order valence-corrected chi connectivity index (χ2v) is 9.02. The van der Waals surface area contributed by atoms with Crippen LogP contribution in [0.1, 0.15) is 17.9 Å². The summed E-state index contributed by atoms with van der Waals surface area (Å²) in [5.41, 5.74) is 0.820. The third-order valence-electron chi connectivity index (χ3n) is 4.90. The number of oxazole rings is 1. The van der Waals surface area contributed by atoms with Gasteiger partial charge in [0.2, 0.25) is 26.6 Å². The predicted molar refractivity (Wildman–Crippen MR) is 126 cm³/mol. The van der Waals surface area contributed by atoms with Crippen LogP contribution < -0.4 is 10.1 Å². The first-order valence-electron chi connectivity index (χ1n) is 10.4. The van der Waals surface area contributed by atoms with Crippen LogP contribution in [-0.4, -0.2) is 36.6 Å². The topological polar surface area (TPSA) is 99.2 Å². The van der Waals surface area contributed by atoms with Gasteiger partial charge >= 0.3 is 0 Å². The number of aryl methyl sites for hydroxylation is 1. The van der Waals surface area contributed by atoms with Crippen molar-refractivity contribution < 1.29 is 17.6 Å². The van der Waals surface area contributed by atoms with E-state index in [1.807, 2.05) is 35.0 Å². The van der Waals surface area contributed by atoms with Crippen molar-refractivity contribution >= 4 is 27.9 Å². The van der Waals surface area contributed by atoms with E-state index in [2.05, 4.69) is 15.3 Å². The van der Waals surface area contributed by atoms with Gasteiger partial charge in [0, 0.05) is 37.1 Å². The van der Waals surface area contributed by atoms with Crippen molar-refractivity contribution in [1.29, 1.82) is 0 Å². The van der Waals surface area contributed by atoms with Crippen molar-refractivity contribution in [3.63, 3.8) is 0 Å². The summed E-state index contributed by atoms with van der Waals surface area (Å²) in [6.07, 6.45) is 9.47. The lowest BCUT2D eigenvalue weighted by Gasteiger charge is -2.06. The first-order chi connectivity index (χ1) is 16.1. The summed E-state index contributed by atoms with van der Waals surface area (Å²) in [6.45, 7) is 1.24. The number of hydrogen-bond acceptors (Lipinski definition) is 7. The van der Waals surface area contributed by atoms with Crippen LogP contribution in [0.3, 0.4) is 0 Å². The minimum Gasteiger partial charge on any atom is -0.496 e. The van der Waals surface area contributed by atoms with Crippen molar-refractivity contribution in [3.8, 4) is 5.75 Å². The maximum Gasteiger partial charge on any atom is 0.233 e. The fraction of sp³-hybridized carbons (Fsp3) is 0.167. The SMILES string of the molecule is COc1ccccc1/C=C/c1nc(S(=O)(=O)c2ccccc2)c(NCCCn2ccnc2)o1. The highest BCUT2D eigenvalue weighted by Gasteiger charge is 2.27. The molecule has 33 heavy (non-hydrogen) atoms. The van der Waals surface area contributed by atoms with Crippen molar-refractivity contribution in [1.82, 2.24) is 14.5 Å². The van der Waals surface area contributed by atoms with Crippen LogP contribution >= 0.6 is 0 Å². The van der Waals surface area contributed by atoms with Gasteiger partial charge in [0.15, 0.2) is 0 Å². The maximum atomic E-state index is 13.2. The fourth-order valence-corrected chi connectivity index (χ4v) is 4.55. The molecular weight excluding hydrogens is 440 g/mol. The van der Waals surface area contributed by atoms with E-state index in [1.54, 1.807) is 50.0 Å². The van der Waals surface area contributed by atoms with Crippen LogP contribution in [0.2, 0.25) is 0 Å². The summed E-state index contributed by atoms with van der Waals surface area (Å²) in [7, 11) is -2.27. The van der Waals surface area contributed by atoms with Gasteiger partial charge in [-0.1, -0.05) is 36.4 Å². The highest BCUT2D eigenvalue weighted by Crippen LogP contribution is 2.29. The van der Waals surface area contributed by atoms with Gasteiger partial charge in [0.25, 0.3) is 0 Å². The van der Waals surface area contributed by atoms with E-state index in [-0.39, 0.29) is 21.7 Å². The molecule has 0 amide bonds. The molecule has 2 heterocycles. The molecule has 2 aromatic heterocycles. The Labute approximate surface area is 192 Å². The van der Waals surface area contributed by atoms with Gasteiger partial charge in [0.1, 0.15) is 5.75 Å². The number of anilines is 1. The van der Waals surface area contributed by atoms with Gasteiger partial charge in [0.05, 0.1) is 18.3 Å². The molecule has 0 aliphatic rings. The summed E-state index contributed by atoms with van der Waals surface area (Å²) in [6, 6.07) is 15.7. The van der Waals surface area contributed by atoms with E-state index in [0.29, 0.717) is 12.3 Å². The molecule has 0 fully saturated rings. The predicted octanol–water partition coefficient (Wildman–Crippen LogP) is 4.39. The average Bonchev–Trinajstić information content (AvgIpc) is 3.51. The van der Waals surface area contributed by atoms with E-state index in [9.17, 15) is 8.42 Å². The molecule has 170 valence electrons. The zero-order valence-corrected chi connectivity index (χ0v) is 18.9. The first kappa shape index (κ1) is 22.3. The minimum absolute atomic E-state index is 0.115. The van der Waals surface area contributed by atoms with E-state index in [1.165, 1.54) is 12.1 Å². The van der Waals surface area contributed by atoms with Gasteiger partial charge in [-0.25, -0.2) is 13.4 Å². The molecule has 4 aromatic rings. The third-order valence-corrected chi connectivity index (χ3v) is 6.58. The van der Waals surface area contributed by atoms with E-state index < -0.39 is 9.84 Å². The normalized spacial score (nSPS) is 11.7. The number of sulfone groups is 1. The Balaban J connectivity index is 1.60. The molecule has 0 aliphatic carbocycles. The monoisotopic (exact) mass is 464 g/mol. The zero-order valence-electron chi connectivity index (χ0n) is 18.1. The summed E-state index contributed by atoms with van der Waals surface area (Å²) in [5, 5.41) is 2.95. The molecule has 0 unspecified atom stereocenters. The van der Waals surface area contributed by atoms with Gasteiger partial charge < -0.3 is 19.0 Å². The molecule has 0 atom stereocenters. The molecule has 8 nitrogen and oxygen atoms in total. The molecule has 0 spiro atoms. The second kappa shape index (κ2) is 10.2. The van der Waals surface area contributed by atoms with Gasteiger partial charge in [-0.2, -0.15) is 4.98 Å². The van der Waals surface area contributed by atoms with Crippen LogP contribution in [0.15, 0.2) is 87.7 Å². The van der Waals surface area contributed by atoms with E-state index >= 15 is 0 Å². The lowest BCUT2D eigenvalue weighted by molar-refractivity contribution is 0.414. The summed E-state index contributed by atoms with van der Waals surface area (Å²) >= 11 is 0. The van der Waals surface area contributed by atoms with Crippen LogP contribution in [-0.2, 0) is 16.4 Å². The molecule has 0 radical (unpaired) electrons. The van der Waals surface area contributed by atoms with Crippen molar-refractivity contribution in [2.45, 2.75) is 22.9 Å². The van der Waals surface area contributed by atoms with E-state index in [0.717, 1.165) is 18.5 Å². The molecule has 4 rings (SSSR count). The van der Waals surface area contributed by atoms with Gasteiger partial charge in [-0.05, 0) is 30.7 Å². The average molecular weight is 465 g/mol. The zero-order chi connectivity index (χ0) is 23.1. The van der Waals surface area contributed by atoms with Crippen LogP contribution in [0.25, 0.3) is 12.2 Å². The Morgan fingerprint density at radius 1 is 1.09 bits per heavy atom. The van der Waals surface area contributed by atoms with Crippen molar-refractivity contribution in [2.75, 3.05) is 19.0 Å². The smallest absolute Gasteiger partial charge is 0.233 e. The summed E-state index contributed by atoms with van der Waals surface area (Å²) in [4.78, 5) is 8.47. The summed E-state index contributed by atoms with van der Waals surface area (Å²) in [5.74, 6) is 0.979. The number of imidazole rings is 1. The Morgan fingerprint density at radius 2 is 1.88 bits per heavy atom. The largest absolute Gasteiger partial charge is 0.496 e. The molecule has 0 saturated carbocycles. The Morgan fingerprint density at radius 3 is 2.64 bits per heavy atom. The minimum atomic E-state index is -3.87. The van der Waals surface area contributed by atoms with Crippen LogP contribution in [0, 0.1) is 0 Å². The Bertz CT molecular complexity index is 1310. The fourth-order valence-electron chi connectivity index (χ4n) is 3.25. The van der Waals surface area contributed by atoms with Crippen molar-refractivity contribution in [2.24, 2.45) is 0 Å². The molecular formula is C24H24N4O4S. The van der Waals surface area contributed by atoms with Crippen LogP contribution in [0.4, 0.5) is 5.88 Å². The number of ether oxygens (including phenoxy) is 1. The lowest BCUT2D eigenvalue weighted by atomic mass is 10.2. The van der Waals surface area contributed by atoms with Gasteiger partial charge in [-0.3, -0.25) is 0 Å². The van der Waals surface area contributed by atoms with Gasteiger partial charge in [-0.15, -0.1) is 0 Å². The molecule has 1 N–H and O–H groups in total. The number of methoxy groups -OCH3 is 1. The van der Waals surface area contributed by atoms with E-state index in [4.69, 9.17) is 9.15 Å². The van der Waals surface area contributed by atoms with Crippen molar-refractivity contribution in [3.05, 3.63) is 84.8 Å². The highest BCUT2D eigenvalue weighted by atomic mass is 32.2. The molecule has 0 aliphatic heterocycles. The number of nitrogens with one attached hydrogen (secondary N) is 1. The number of hydrogen-bond donors (Lipinski definition) is 1. The number of rotatable bonds is 10. The number of para-hydroxylation sites is 1. The molecule has 2 aromatic carbocycles. The quantitative estimate of drug-likeness (QED) is 0.348. The highest BCUT2D eigenvalue weighted by molar-refractivity contribution is 7.91. The number of benzene rings is 2. The molecule has 9 heteroatoms. The number of nitrogens with zero attached hydrogens (tertiary/aromatic N) is 3. The number of aromatic nitrogens is 3. The Hall–Kier alpha value is -3.85. The third kappa shape index (κ3) is 5.32.